The maximum Gasteiger partial charge on any atom is 0.223 e. The first-order valence-electron chi connectivity index (χ1n) is 7.93. The van der Waals surface area contributed by atoms with E-state index in [2.05, 4.69) is 24.1 Å². The third-order valence-corrected chi connectivity index (χ3v) is 4.18. The fourth-order valence-electron chi connectivity index (χ4n) is 2.82. The lowest BCUT2D eigenvalue weighted by Crippen LogP contribution is -2.38. The van der Waals surface area contributed by atoms with Crippen LogP contribution in [0.3, 0.4) is 0 Å². The lowest BCUT2D eigenvalue weighted by Gasteiger charge is -2.25. The minimum Gasteiger partial charge on any atom is -0.356 e. The largest absolute Gasteiger partial charge is 0.356 e. The van der Waals surface area contributed by atoms with Gasteiger partial charge in [0.2, 0.25) is 5.91 Å². The van der Waals surface area contributed by atoms with E-state index in [1.54, 1.807) is 0 Å². The van der Waals surface area contributed by atoms with Crippen molar-refractivity contribution >= 4 is 5.91 Å². The molecule has 19 heavy (non-hydrogen) atoms. The van der Waals surface area contributed by atoms with E-state index in [-0.39, 0.29) is 17.9 Å². The van der Waals surface area contributed by atoms with E-state index in [9.17, 15) is 4.79 Å². The number of unbranched alkanes of at least 4 members (excludes halogenated alkanes) is 1. The summed E-state index contributed by atoms with van der Waals surface area (Å²) in [5, 5.41) is 3.07. The predicted molar refractivity (Wildman–Crippen MR) is 80.0 cm³/mol. The third kappa shape index (κ3) is 6.39. The molecule has 0 aromatic carbocycles. The second-order valence-electron chi connectivity index (χ2n) is 5.65. The Hall–Kier alpha value is -0.610. The SMILES string of the molecule is CCN(CC)CCCCNC(=O)C1CCCC(N)C1. The van der Waals surface area contributed by atoms with Crippen LogP contribution in [0.25, 0.3) is 0 Å². The summed E-state index contributed by atoms with van der Waals surface area (Å²) in [7, 11) is 0. The van der Waals surface area contributed by atoms with Gasteiger partial charge in [-0.2, -0.15) is 0 Å². The summed E-state index contributed by atoms with van der Waals surface area (Å²) in [4.78, 5) is 14.4. The maximum atomic E-state index is 12.0. The van der Waals surface area contributed by atoms with Gasteiger partial charge in [-0.3, -0.25) is 4.79 Å². The van der Waals surface area contributed by atoms with Gasteiger partial charge in [-0.15, -0.1) is 0 Å². The molecular weight excluding hydrogens is 238 g/mol. The van der Waals surface area contributed by atoms with Crippen molar-refractivity contribution in [1.29, 1.82) is 0 Å². The number of amides is 1. The van der Waals surface area contributed by atoms with Gasteiger partial charge in [0, 0.05) is 18.5 Å². The second-order valence-corrected chi connectivity index (χ2v) is 5.65. The van der Waals surface area contributed by atoms with Crippen LogP contribution in [0.4, 0.5) is 0 Å². The highest BCUT2D eigenvalue weighted by molar-refractivity contribution is 5.78. The zero-order valence-electron chi connectivity index (χ0n) is 12.7. The first-order chi connectivity index (χ1) is 9.17. The molecule has 4 nitrogen and oxygen atoms in total. The van der Waals surface area contributed by atoms with Gasteiger partial charge in [0.1, 0.15) is 0 Å². The highest BCUT2D eigenvalue weighted by Gasteiger charge is 2.24. The van der Waals surface area contributed by atoms with Crippen molar-refractivity contribution in [3.63, 3.8) is 0 Å². The average Bonchev–Trinajstić information content (AvgIpc) is 2.42. The molecule has 0 aromatic heterocycles. The van der Waals surface area contributed by atoms with Gasteiger partial charge >= 0.3 is 0 Å². The van der Waals surface area contributed by atoms with Crippen molar-refractivity contribution in [3.8, 4) is 0 Å². The molecule has 0 aliphatic heterocycles. The Labute approximate surface area is 118 Å². The van der Waals surface area contributed by atoms with E-state index >= 15 is 0 Å². The minimum atomic E-state index is 0.159. The number of carbonyl (C=O) groups excluding carboxylic acids is 1. The van der Waals surface area contributed by atoms with E-state index in [4.69, 9.17) is 5.73 Å². The Morgan fingerprint density at radius 1 is 1.26 bits per heavy atom. The van der Waals surface area contributed by atoms with Crippen molar-refractivity contribution in [1.82, 2.24) is 10.2 Å². The predicted octanol–water partition coefficient (Wildman–Crippen LogP) is 1.74. The first-order valence-corrected chi connectivity index (χ1v) is 7.93. The van der Waals surface area contributed by atoms with Gasteiger partial charge in [-0.1, -0.05) is 20.3 Å². The minimum absolute atomic E-state index is 0.159. The summed E-state index contributed by atoms with van der Waals surface area (Å²) in [5.41, 5.74) is 5.92. The van der Waals surface area contributed by atoms with Gasteiger partial charge in [0.25, 0.3) is 0 Å². The van der Waals surface area contributed by atoms with Crippen LogP contribution in [-0.4, -0.2) is 43.0 Å². The van der Waals surface area contributed by atoms with Crippen LogP contribution in [0.1, 0.15) is 52.4 Å². The number of carbonyl (C=O) groups is 1. The van der Waals surface area contributed by atoms with Gasteiger partial charge in [-0.25, -0.2) is 0 Å². The molecule has 1 aliphatic carbocycles. The van der Waals surface area contributed by atoms with Crippen LogP contribution >= 0.6 is 0 Å². The molecule has 3 N–H and O–H groups in total. The normalized spacial score (nSPS) is 23.6. The monoisotopic (exact) mass is 269 g/mol. The Morgan fingerprint density at radius 3 is 2.63 bits per heavy atom. The molecule has 0 heterocycles. The number of nitrogens with two attached hydrogens (primary N) is 1. The van der Waals surface area contributed by atoms with Crippen molar-refractivity contribution < 1.29 is 4.79 Å². The molecule has 1 saturated carbocycles. The van der Waals surface area contributed by atoms with E-state index in [1.807, 2.05) is 0 Å². The van der Waals surface area contributed by atoms with Crippen LogP contribution < -0.4 is 11.1 Å². The molecule has 1 amide bonds. The number of nitrogens with one attached hydrogen (secondary N) is 1. The fourth-order valence-corrected chi connectivity index (χ4v) is 2.82. The molecule has 1 aliphatic rings. The molecule has 2 atom stereocenters. The Kier molecular flexibility index (Phi) is 8.07. The molecule has 112 valence electrons. The fraction of sp³-hybridized carbons (Fsp3) is 0.933. The summed E-state index contributed by atoms with van der Waals surface area (Å²) in [6, 6.07) is 0.229. The number of hydrogen-bond donors (Lipinski definition) is 2. The molecule has 0 bridgehead atoms. The summed E-state index contributed by atoms with van der Waals surface area (Å²) in [6.07, 6.45) is 6.28. The summed E-state index contributed by atoms with van der Waals surface area (Å²) < 4.78 is 0. The highest BCUT2D eigenvalue weighted by Crippen LogP contribution is 2.22. The molecule has 4 heteroatoms. The van der Waals surface area contributed by atoms with Crippen LogP contribution in [0.15, 0.2) is 0 Å². The topological polar surface area (TPSA) is 58.4 Å². The molecule has 2 unspecified atom stereocenters. The quantitative estimate of drug-likeness (QED) is 0.660. The molecule has 1 rings (SSSR count). The molecule has 0 radical (unpaired) electrons. The average molecular weight is 269 g/mol. The van der Waals surface area contributed by atoms with Crippen molar-refractivity contribution in [2.45, 2.75) is 58.4 Å². The molecule has 0 aromatic rings. The van der Waals surface area contributed by atoms with Crippen molar-refractivity contribution in [2.24, 2.45) is 11.7 Å². The van der Waals surface area contributed by atoms with E-state index in [1.165, 1.54) is 0 Å². The van der Waals surface area contributed by atoms with E-state index < -0.39 is 0 Å². The maximum absolute atomic E-state index is 12.0. The zero-order chi connectivity index (χ0) is 14.1. The summed E-state index contributed by atoms with van der Waals surface area (Å²) >= 11 is 0. The molecule has 0 spiro atoms. The number of nitrogens with zero attached hydrogens (tertiary/aromatic N) is 1. The molecule has 0 saturated heterocycles. The van der Waals surface area contributed by atoms with E-state index in [0.717, 1.165) is 64.7 Å². The van der Waals surface area contributed by atoms with E-state index in [0.29, 0.717) is 0 Å². The Morgan fingerprint density at radius 2 is 2.00 bits per heavy atom. The van der Waals surface area contributed by atoms with Gasteiger partial charge < -0.3 is 16.0 Å². The second kappa shape index (κ2) is 9.32. The van der Waals surface area contributed by atoms with Crippen molar-refractivity contribution in [3.05, 3.63) is 0 Å². The van der Waals surface area contributed by atoms with Crippen LogP contribution in [0.5, 0.6) is 0 Å². The van der Waals surface area contributed by atoms with Crippen LogP contribution in [-0.2, 0) is 4.79 Å². The zero-order valence-corrected chi connectivity index (χ0v) is 12.7. The smallest absolute Gasteiger partial charge is 0.223 e. The molecular formula is C15H31N3O. The Balaban J connectivity index is 2.07. The lowest BCUT2D eigenvalue weighted by atomic mass is 9.85. The lowest BCUT2D eigenvalue weighted by molar-refractivity contribution is -0.126. The Bertz CT molecular complexity index is 254. The first kappa shape index (κ1) is 16.4. The summed E-state index contributed by atoms with van der Waals surface area (Å²) in [5.74, 6) is 0.379. The number of hydrogen-bond acceptors (Lipinski definition) is 3. The van der Waals surface area contributed by atoms with Gasteiger partial charge in [-0.05, 0) is 51.7 Å². The van der Waals surface area contributed by atoms with Gasteiger partial charge in [0.15, 0.2) is 0 Å². The summed E-state index contributed by atoms with van der Waals surface area (Å²) in [6.45, 7) is 8.56. The standard InChI is InChI=1S/C15H31N3O/c1-3-18(4-2)11-6-5-10-17-15(19)13-8-7-9-14(16)12-13/h13-14H,3-12,16H2,1-2H3,(H,17,19). The van der Waals surface area contributed by atoms with Gasteiger partial charge in [0.05, 0.1) is 0 Å². The number of rotatable bonds is 8. The van der Waals surface area contributed by atoms with Crippen LogP contribution in [0, 0.1) is 5.92 Å². The van der Waals surface area contributed by atoms with Crippen molar-refractivity contribution in [2.75, 3.05) is 26.2 Å². The highest BCUT2D eigenvalue weighted by atomic mass is 16.1. The third-order valence-electron chi connectivity index (χ3n) is 4.18. The molecule has 1 fully saturated rings. The van der Waals surface area contributed by atoms with Crippen LogP contribution in [0.2, 0.25) is 0 Å².